The maximum absolute atomic E-state index is 12.1. The lowest BCUT2D eigenvalue weighted by atomic mass is 10.2. The zero-order chi connectivity index (χ0) is 14.5. The van der Waals surface area contributed by atoms with Crippen molar-refractivity contribution in [3.8, 4) is 0 Å². The molecule has 2 rings (SSSR count). The first-order valence-electron chi connectivity index (χ1n) is 6.19. The average Bonchev–Trinajstić information content (AvgIpc) is 2.87. The van der Waals surface area contributed by atoms with Gasteiger partial charge in [-0.05, 0) is 47.2 Å². The Balaban J connectivity index is 2.03. The summed E-state index contributed by atoms with van der Waals surface area (Å²) < 4.78 is 0.845. The molecular weight excluding hydrogens is 409 g/mol. The van der Waals surface area contributed by atoms with Gasteiger partial charge in [0.2, 0.25) is 5.13 Å². The number of carbonyl (C=O) groups is 1. The fourth-order valence-corrected chi connectivity index (χ4v) is 2.95. The monoisotopic (exact) mass is 421 g/mol. The number of unbranched alkanes of at least 4 members (excludes halogenated alkanes) is 1. The van der Waals surface area contributed by atoms with Gasteiger partial charge < -0.3 is 0 Å². The first-order valence-corrected chi connectivity index (χ1v) is 8.46. The first-order chi connectivity index (χ1) is 9.60. The van der Waals surface area contributed by atoms with Crippen LogP contribution in [0.15, 0.2) is 18.2 Å². The fourth-order valence-electron chi connectivity index (χ4n) is 1.54. The molecule has 0 fully saturated rings. The predicted octanol–water partition coefficient (Wildman–Crippen LogP) is 4.39. The van der Waals surface area contributed by atoms with Crippen LogP contribution in [0.3, 0.4) is 0 Å². The molecule has 1 N–H and O–H groups in total. The number of amides is 1. The molecule has 1 aromatic heterocycles. The molecule has 0 aliphatic rings. The smallest absolute Gasteiger partial charge is 0.257 e. The number of benzene rings is 1. The number of rotatable bonds is 5. The molecule has 2 aromatic rings. The van der Waals surface area contributed by atoms with Gasteiger partial charge in [0, 0.05) is 15.6 Å². The molecule has 0 radical (unpaired) electrons. The van der Waals surface area contributed by atoms with E-state index in [1.165, 1.54) is 11.3 Å². The summed E-state index contributed by atoms with van der Waals surface area (Å²) in [6.45, 7) is 2.13. The van der Waals surface area contributed by atoms with E-state index in [2.05, 4.69) is 45.0 Å². The van der Waals surface area contributed by atoms with Gasteiger partial charge in [0.25, 0.3) is 5.91 Å². The van der Waals surface area contributed by atoms with Gasteiger partial charge >= 0.3 is 0 Å². The van der Waals surface area contributed by atoms with Crippen LogP contribution in [-0.2, 0) is 6.42 Å². The number of hydrogen-bond donors (Lipinski definition) is 1. The lowest BCUT2D eigenvalue weighted by Crippen LogP contribution is -2.11. The molecule has 1 amide bonds. The zero-order valence-electron chi connectivity index (χ0n) is 10.8. The number of carbonyl (C=O) groups excluding carboxylic acids is 1. The van der Waals surface area contributed by atoms with Crippen molar-refractivity contribution in [2.75, 3.05) is 5.32 Å². The summed E-state index contributed by atoms with van der Waals surface area (Å²) in [4.78, 5) is 12.1. The van der Waals surface area contributed by atoms with Gasteiger partial charge in [-0.2, -0.15) is 0 Å². The highest BCUT2D eigenvalue weighted by Crippen LogP contribution is 2.21. The summed E-state index contributed by atoms with van der Waals surface area (Å²) in [5, 5.41) is 12.9. The van der Waals surface area contributed by atoms with E-state index in [-0.39, 0.29) is 5.91 Å². The third-order valence-corrected chi connectivity index (χ3v) is 5.05. The van der Waals surface area contributed by atoms with Crippen LogP contribution in [0.4, 0.5) is 5.13 Å². The summed E-state index contributed by atoms with van der Waals surface area (Å²) in [5.41, 5.74) is 0.559. The van der Waals surface area contributed by atoms with Crippen molar-refractivity contribution in [1.29, 1.82) is 0 Å². The molecule has 0 bridgehead atoms. The molecule has 0 saturated heterocycles. The lowest BCUT2D eigenvalue weighted by Gasteiger charge is -2.02. The fraction of sp³-hybridized carbons (Fsp3) is 0.308. The van der Waals surface area contributed by atoms with Crippen molar-refractivity contribution < 1.29 is 4.79 Å². The van der Waals surface area contributed by atoms with Gasteiger partial charge in [0.15, 0.2) is 0 Å². The number of halogens is 2. The third-order valence-electron chi connectivity index (χ3n) is 2.61. The molecule has 20 heavy (non-hydrogen) atoms. The highest BCUT2D eigenvalue weighted by atomic mass is 127. The van der Waals surface area contributed by atoms with Crippen LogP contribution in [0.1, 0.15) is 35.1 Å². The molecule has 0 saturated carbocycles. The molecule has 106 valence electrons. The standard InChI is InChI=1S/C13H13ClIN3OS/c1-2-3-4-11-17-18-13(20-11)16-12(19)8-5-6-9(14)10(15)7-8/h5-7H,2-4H2,1H3,(H,16,18,19). The summed E-state index contributed by atoms with van der Waals surface area (Å²) in [6.07, 6.45) is 3.10. The number of aromatic nitrogens is 2. The van der Waals surface area contributed by atoms with E-state index < -0.39 is 0 Å². The molecule has 4 nitrogen and oxygen atoms in total. The highest BCUT2D eigenvalue weighted by molar-refractivity contribution is 14.1. The van der Waals surface area contributed by atoms with Crippen LogP contribution in [0.25, 0.3) is 0 Å². The Morgan fingerprint density at radius 1 is 1.45 bits per heavy atom. The van der Waals surface area contributed by atoms with Crippen LogP contribution >= 0.6 is 45.5 Å². The highest BCUT2D eigenvalue weighted by Gasteiger charge is 2.11. The summed E-state index contributed by atoms with van der Waals surface area (Å²) in [7, 11) is 0. The summed E-state index contributed by atoms with van der Waals surface area (Å²) in [6, 6.07) is 5.15. The Kier molecular flexibility index (Phi) is 5.74. The second kappa shape index (κ2) is 7.33. The van der Waals surface area contributed by atoms with Crippen LogP contribution in [0.2, 0.25) is 5.02 Å². The topological polar surface area (TPSA) is 54.9 Å². The number of nitrogens with one attached hydrogen (secondary N) is 1. The van der Waals surface area contributed by atoms with Gasteiger partial charge in [-0.1, -0.05) is 36.3 Å². The van der Waals surface area contributed by atoms with Crippen molar-refractivity contribution in [1.82, 2.24) is 10.2 Å². The molecule has 0 unspecified atom stereocenters. The number of nitrogens with zero attached hydrogens (tertiary/aromatic N) is 2. The van der Waals surface area contributed by atoms with Gasteiger partial charge in [-0.3, -0.25) is 10.1 Å². The molecular formula is C13H13ClIN3OS. The number of anilines is 1. The SMILES string of the molecule is CCCCc1nnc(NC(=O)c2ccc(Cl)c(I)c2)s1. The molecule has 7 heteroatoms. The van der Waals surface area contributed by atoms with E-state index in [1.54, 1.807) is 18.2 Å². The van der Waals surface area contributed by atoms with E-state index >= 15 is 0 Å². The molecule has 1 heterocycles. The van der Waals surface area contributed by atoms with Crippen molar-refractivity contribution in [2.45, 2.75) is 26.2 Å². The minimum Gasteiger partial charge on any atom is -0.296 e. The average molecular weight is 422 g/mol. The van der Waals surface area contributed by atoms with Crippen molar-refractivity contribution in [2.24, 2.45) is 0 Å². The van der Waals surface area contributed by atoms with Gasteiger partial charge in [-0.25, -0.2) is 0 Å². The van der Waals surface area contributed by atoms with Crippen LogP contribution < -0.4 is 5.32 Å². The first kappa shape index (κ1) is 15.7. The maximum Gasteiger partial charge on any atom is 0.257 e. The lowest BCUT2D eigenvalue weighted by molar-refractivity contribution is 0.102. The van der Waals surface area contributed by atoms with Gasteiger partial charge in [0.05, 0.1) is 5.02 Å². The van der Waals surface area contributed by atoms with Gasteiger partial charge in [0.1, 0.15) is 5.01 Å². The quantitative estimate of drug-likeness (QED) is 0.729. The molecule has 1 aromatic carbocycles. The van der Waals surface area contributed by atoms with Crippen LogP contribution in [0.5, 0.6) is 0 Å². The molecule has 0 aliphatic carbocycles. The van der Waals surface area contributed by atoms with Crippen molar-refractivity contribution in [3.63, 3.8) is 0 Å². The maximum atomic E-state index is 12.1. The Bertz CT molecular complexity index is 617. The Morgan fingerprint density at radius 2 is 2.25 bits per heavy atom. The molecule has 0 atom stereocenters. The largest absolute Gasteiger partial charge is 0.296 e. The second-order valence-corrected chi connectivity index (χ2v) is 6.82. The number of hydrogen-bond acceptors (Lipinski definition) is 4. The summed E-state index contributed by atoms with van der Waals surface area (Å²) in [5.74, 6) is -0.197. The Morgan fingerprint density at radius 3 is 2.95 bits per heavy atom. The Hall–Kier alpha value is -0.730. The van der Waals surface area contributed by atoms with Gasteiger partial charge in [-0.15, -0.1) is 10.2 Å². The summed E-state index contributed by atoms with van der Waals surface area (Å²) >= 11 is 9.46. The van der Waals surface area contributed by atoms with E-state index in [1.807, 2.05) is 0 Å². The van der Waals surface area contributed by atoms with E-state index in [0.29, 0.717) is 15.7 Å². The number of aryl methyl sites for hydroxylation is 1. The second-order valence-electron chi connectivity index (χ2n) is 4.19. The van der Waals surface area contributed by atoms with Crippen molar-refractivity contribution >= 4 is 56.6 Å². The Labute approximate surface area is 140 Å². The minimum absolute atomic E-state index is 0.197. The van der Waals surface area contributed by atoms with E-state index in [4.69, 9.17) is 11.6 Å². The zero-order valence-corrected chi connectivity index (χ0v) is 14.6. The van der Waals surface area contributed by atoms with Crippen molar-refractivity contribution in [3.05, 3.63) is 37.4 Å². The minimum atomic E-state index is -0.197. The molecule has 0 spiro atoms. The normalized spacial score (nSPS) is 10.6. The van der Waals surface area contributed by atoms with Crippen LogP contribution in [-0.4, -0.2) is 16.1 Å². The van der Waals surface area contributed by atoms with Crippen LogP contribution in [0, 0.1) is 3.57 Å². The predicted molar refractivity (Wildman–Crippen MR) is 90.6 cm³/mol. The molecule has 0 aliphatic heterocycles. The van der Waals surface area contributed by atoms with E-state index in [0.717, 1.165) is 27.8 Å². The van der Waals surface area contributed by atoms with E-state index in [9.17, 15) is 4.79 Å². The third kappa shape index (κ3) is 4.13.